The Morgan fingerprint density at radius 3 is 2.70 bits per heavy atom. The number of carbonyl (C=O) groups excluding carboxylic acids is 2. The summed E-state index contributed by atoms with van der Waals surface area (Å²) in [5.74, 6) is 1.54. The molecule has 1 N–H and O–H groups in total. The van der Waals surface area contributed by atoms with Gasteiger partial charge in [-0.05, 0) is 36.6 Å². The van der Waals surface area contributed by atoms with E-state index in [0.29, 0.717) is 56.0 Å². The van der Waals surface area contributed by atoms with Crippen LogP contribution in [0.2, 0.25) is 0 Å². The quantitative estimate of drug-likeness (QED) is 0.768. The molecule has 1 saturated heterocycles. The second-order valence-electron chi connectivity index (χ2n) is 7.76. The van der Waals surface area contributed by atoms with Gasteiger partial charge in [-0.15, -0.1) is 0 Å². The molecular formula is C21H24N4O5. The van der Waals surface area contributed by atoms with Crippen LogP contribution in [-0.4, -0.2) is 59.6 Å². The summed E-state index contributed by atoms with van der Waals surface area (Å²) in [6, 6.07) is 7.45. The van der Waals surface area contributed by atoms with Crippen LogP contribution in [0.5, 0.6) is 11.5 Å². The summed E-state index contributed by atoms with van der Waals surface area (Å²) in [4.78, 5) is 27.1. The molecular weight excluding hydrogens is 388 g/mol. The van der Waals surface area contributed by atoms with E-state index in [2.05, 4.69) is 10.4 Å². The van der Waals surface area contributed by atoms with Crippen molar-refractivity contribution in [3.8, 4) is 11.5 Å². The highest BCUT2D eigenvalue weighted by Crippen LogP contribution is 2.40. The number of morpholine rings is 1. The third-order valence-electron chi connectivity index (χ3n) is 5.54. The number of benzene rings is 1. The molecule has 9 nitrogen and oxygen atoms in total. The Hall–Kier alpha value is -3.07. The van der Waals surface area contributed by atoms with Gasteiger partial charge in [0, 0.05) is 31.2 Å². The van der Waals surface area contributed by atoms with E-state index in [-0.39, 0.29) is 25.2 Å². The number of rotatable bonds is 6. The second-order valence-corrected chi connectivity index (χ2v) is 7.76. The van der Waals surface area contributed by atoms with E-state index in [1.807, 2.05) is 24.3 Å². The first kappa shape index (κ1) is 18.9. The van der Waals surface area contributed by atoms with Gasteiger partial charge in [0.25, 0.3) is 5.91 Å². The number of nitrogens with zero attached hydrogens (tertiary/aromatic N) is 3. The lowest BCUT2D eigenvalue weighted by Gasteiger charge is -2.25. The van der Waals surface area contributed by atoms with Gasteiger partial charge in [0.1, 0.15) is 6.54 Å². The maximum Gasteiger partial charge on any atom is 0.274 e. The summed E-state index contributed by atoms with van der Waals surface area (Å²) in [6.07, 6.45) is 2.13. The Bertz CT molecular complexity index is 962. The fraction of sp³-hybridized carbons (Fsp3) is 0.476. The van der Waals surface area contributed by atoms with E-state index in [4.69, 9.17) is 14.2 Å². The van der Waals surface area contributed by atoms with Gasteiger partial charge in [-0.3, -0.25) is 14.3 Å². The summed E-state index contributed by atoms with van der Waals surface area (Å²) < 4.78 is 17.7. The molecule has 0 unspecified atom stereocenters. The fourth-order valence-electron chi connectivity index (χ4n) is 3.74. The molecule has 3 heterocycles. The third kappa shape index (κ3) is 3.97. The lowest BCUT2D eigenvalue weighted by atomic mass is 10.2. The molecule has 2 amide bonds. The molecule has 0 atom stereocenters. The van der Waals surface area contributed by atoms with Crippen LogP contribution >= 0.6 is 0 Å². The Kier molecular flexibility index (Phi) is 5.04. The largest absolute Gasteiger partial charge is 0.454 e. The SMILES string of the molecule is O=C(Cn1nc(C(=O)N2CCOCC2)cc1C1CC1)NCc1ccc2c(c1)OCO2. The average Bonchev–Trinajstić information content (AvgIpc) is 3.36. The van der Waals surface area contributed by atoms with Crippen molar-refractivity contribution >= 4 is 11.8 Å². The number of fused-ring (bicyclic) bond motifs is 1. The summed E-state index contributed by atoms with van der Waals surface area (Å²) in [6.45, 7) is 2.93. The van der Waals surface area contributed by atoms with Crippen molar-refractivity contribution < 1.29 is 23.8 Å². The molecule has 3 aliphatic rings. The maximum absolute atomic E-state index is 12.8. The van der Waals surface area contributed by atoms with Crippen LogP contribution < -0.4 is 14.8 Å². The zero-order valence-electron chi connectivity index (χ0n) is 16.6. The molecule has 1 saturated carbocycles. The zero-order chi connectivity index (χ0) is 20.5. The van der Waals surface area contributed by atoms with Gasteiger partial charge < -0.3 is 24.4 Å². The third-order valence-corrected chi connectivity index (χ3v) is 5.54. The molecule has 2 aliphatic heterocycles. The van der Waals surface area contributed by atoms with Gasteiger partial charge in [0.2, 0.25) is 12.7 Å². The predicted molar refractivity (Wildman–Crippen MR) is 105 cm³/mol. The molecule has 5 rings (SSSR count). The highest BCUT2D eigenvalue weighted by Gasteiger charge is 2.31. The molecule has 9 heteroatoms. The predicted octanol–water partition coefficient (Wildman–Crippen LogP) is 1.28. The highest BCUT2D eigenvalue weighted by molar-refractivity contribution is 5.92. The average molecular weight is 412 g/mol. The highest BCUT2D eigenvalue weighted by atomic mass is 16.7. The topological polar surface area (TPSA) is 94.9 Å². The van der Waals surface area contributed by atoms with Crippen molar-refractivity contribution in [3.63, 3.8) is 0 Å². The zero-order valence-corrected chi connectivity index (χ0v) is 16.6. The molecule has 2 fully saturated rings. The monoisotopic (exact) mass is 412 g/mol. The molecule has 1 aliphatic carbocycles. The van der Waals surface area contributed by atoms with Crippen LogP contribution in [0.3, 0.4) is 0 Å². The first-order valence-corrected chi connectivity index (χ1v) is 10.3. The normalized spacial score (nSPS) is 17.8. The van der Waals surface area contributed by atoms with Gasteiger partial charge in [0.15, 0.2) is 17.2 Å². The van der Waals surface area contributed by atoms with Gasteiger partial charge in [-0.1, -0.05) is 6.07 Å². The van der Waals surface area contributed by atoms with Crippen molar-refractivity contribution in [3.05, 3.63) is 41.2 Å². The minimum atomic E-state index is -0.150. The van der Waals surface area contributed by atoms with Gasteiger partial charge in [-0.25, -0.2) is 0 Å². The summed E-state index contributed by atoms with van der Waals surface area (Å²) in [7, 11) is 0. The number of amides is 2. The van der Waals surface area contributed by atoms with Crippen LogP contribution in [0.25, 0.3) is 0 Å². The molecule has 0 spiro atoms. The van der Waals surface area contributed by atoms with E-state index < -0.39 is 0 Å². The Balaban J connectivity index is 1.24. The summed E-state index contributed by atoms with van der Waals surface area (Å²) >= 11 is 0. The Labute approximate surface area is 173 Å². The Morgan fingerprint density at radius 1 is 1.10 bits per heavy atom. The first-order valence-electron chi connectivity index (χ1n) is 10.3. The van der Waals surface area contributed by atoms with Crippen LogP contribution in [0, 0.1) is 0 Å². The van der Waals surface area contributed by atoms with E-state index >= 15 is 0 Å². The number of hydrogen-bond acceptors (Lipinski definition) is 6. The van der Waals surface area contributed by atoms with Gasteiger partial charge in [-0.2, -0.15) is 5.10 Å². The van der Waals surface area contributed by atoms with Gasteiger partial charge >= 0.3 is 0 Å². The van der Waals surface area contributed by atoms with Crippen molar-refractivity contribution in [2.75, 3.05) is 33.1 Å². The van der Waals surface area contributed by atoms with E-state index in [1.54, 1.807) is 9.58 Å². The first-order chi connectivity index (χ1) is 14.7. The van der Waals surface area contributed by atoms with E-state index in [0.717, 1.165) is 24.1 Å². The molecule has 1 aromatic carbocycles. The van der Waals surface area contributed by atoms with Crippen LogP contribution in [-0.2, 0) is 22.6 Å². The lowest BCUT2D eigenvalue weighted by molar-refractivity contribution is -0.122. The van der Waals surface area contributed by atoms with Crippen molar-refractivity contribution in [2.24, 2.45) is 0 Å². The van der Waals surface area contributed by atoms with Crippen LogP contribution in [0.4, 0.5) is 0 Å². The lowest BCUT2D eigenvalue weighted by Crippen LogP contribution is -2.40. The standard InChI is InChI=1S/C21H24N4O5/c26-20(22-11-14-1-4-18-19(9-14)30-13-29-18)12-25-17(15-2-3-15)10-16(23-25)21(27)24-5-7-28-8-6-24/h1,4,9-10,15H,2-3,5-8,11-13H2,(H,22,26). The molecule has 1 aromatic heterocycles. The molecule has 0 bridgehead atoms. The van der Waals surface area contributed by atoms with Crippen molar-refractivity contribution in [1.29, 1.82) is 0 Å². The second kappa shape index (κ2) is 7.98. The van der Waals surface area contributed by atoms with E-state index in [9.17, 15) is 9.59 Å². The summed E-state index contributed by atoms with van der Waals surface area (Å²) in [5.41, 5.74) is 2.30. The molecule has 30 heavy (non-hydrogen) atoms. The number of nitrogens with one attached hydrogen (secondary N) is 1. The smallest absolute Gasteiger partial charge is 0.274 e. The molecule has 158 valence electrons. The van der Waals surface area contributed by atoms with Crippen molar-refractivity contribution in [1.82, 2.24) is 20.0 Å². The van der Waals surface area contributed by atoms with Crippen LogP contribution in [0.1, 0.15) is 40.5 Å². The number of carbonyl (C=O) groups is 2. The number of hydrogen-bond donors (Lipinski definition) is 1. The van der Waals surface area contributed by atoms with Crippen molar-refractivity contribution in [2.45, 2.75) is 31.8 Å². The van der Waals surface area contributed by atoms with Crippen LogP contribution in [0.15, 0.2) is 24.3 Å². The maximum atomic E-state index is 12.8. The molecule has 0 radical (unpaired) electrons. The summed E-state index contributed by atoms with van der Waals surface area (Å²) in [5, 5.41) is 7.40. The van der Waals surface area contributed by atoms with E-state index in [1.165, 1.54) is 0 Å². The number of ether oxygens (including phenoxy) is 3. The van der Waals surface area contributed by atoms with Gasteiger partial charge in [0.05, 0.1) is 13.2 Å². The minimum Gasteiger partial charge on any atom is -0.454 e. The minimum absolute atomic E-state index is 0.0901. The fourth-order valence-corrected chi connectivity index (χ4v) is 3.74. The molecule has 2 aromatic rings. The Morgan fingerprint density at radius 2 is 1.90 bits per heavy atom. The number of aromatic nitrogens is 2.